The number of pyridine rings is 1. The molecule has 3 aromatic rings. The minimum absolute atomic E-state index is 0.135. The molecule has 4 nitrogen and oxygen atoms in total. The maximum absolute atomic E-state index is 12.3. The number of primary amides is 1. The van der Waals surface area contributed by atoms with E-state index < -0.39 is 5.91 Å². The van der Waals surface area contributed by atoms with Crippen LogP contribution in [0.5, 0.6) is 0 Å². The van der Waals surface area contributed by atoms with E-state index in [9.17, 15) is 4.79 Å². The number of rotatable bonds is 7. The van der Waals surface area contributed by atoms with E-state index in [1.165, 1.54) is 0 Å². The molecule has 0 saturated heterocycles. The van der Waals surface area contributed by atoms with Crippen LogP contribution in [-0.2, 0) is 6.54 Å². The number of amides is 1. The van der Waals surface area contributed by atoms with Gasteiger partial charge in [-0.2, -0.15) is 0 Å². The summed E-state index contributed by atoms with van der Waals surface area (Å²) >= 11 is 7.90. The fraction of sp³-hybridized carbons (Fsp3) is 0.217. The summed E-state index contributed by atoms with van der Waals surface area (Å²) in [6.45, 7) is 10.6. The second kappa shape index (κ2) is 8.89. The van der Waals surface area contributed by atoms with Gasteiger partial charge in [-0.1, -0.05) is 49.9 Å². The fourth-order valence-electron chi connectivity index (χ4n) is 3.43. The van der Waals surface area contributed by atoms with Crippen molar-refractivity contribution in [1.82, 2.24) is 9.55 Å². The number of halogens is 1. The first-order valence-corrected chi connectivity index (χ1v) is 10.5. The van der Waals surface area contributed by atoms with Crippen LogP contribution in [0.15, 0.2) is 59.2 Å². The number of benzene rings is 1. The van der Waals surface area contributed by atoms with Crippen molar-refractivity contribution < 1.29 is 4.79 Å². The van der Waals surface area contributed by atoms with Crippen molar-refractivity contribution in [2.75, 3.05) is 0 Å². The van der Waals surface area contributed by atoms with Gasteiger partial charge in [0.1, 0.15) is 0 Å². The van der Waals surface area contributed by atoms with Crippen molar-refractivity contribution in [3.05, 3.63) is 82.3 Å². The lowest BCUT2D eigenvalue weighted by molar-refractivity contribution is 0.0998. The lowest BCUT2D eigenvalue weighted by Gasteiger charge is -2.15. The van der Waals surface area contributed by atoms with Gasteiger partial charge in [0, 0.05) is 34.6 Å². The van der Waals surface area contributed by atoms with Gasteiger partial charge in [0.15, 0.2) is 0 Å². The largest absolute Gasteiger partial charge is 0.366 e. The van der Waals surface area contributed by atoms with E-state index >= 15 is 0 Å². The average molecular weight is 426 g/mol. The highest BCUT2D eigenvalue weighted by atomic mass is 35.5. The monoisotopic (exact) mass is 425 g/mol. The molecular weight excluding hydrogens is 402 g/mol. The van der Waals surface area contributed by atoms with Crippen LogP contribution in [0, 0.1) is 6.92 Å². The first kappa shape index (κ1) is 21.2. The van der Waals surface area contributed by atoms with E-state index in [-0.39, 0.29) is 5.92 Å². The molecule has 6 heteroatoms. The van der Waals surface area contributed by atoms with E-state index in [1.54, 1.807) is 30.2 Å². The molecular formula is C23H24ClN3OS. The quantitative estimate of drug-likeness (QED) is 0.511. The maximum atomic E-state index is 12.3. The summed E-state index contributed by atoms with van der Waals surface area (Å²) in [5, 5.41) is 1.65. The molecule has 0 bridgehead atoms. The molecule has 150 valence electrons. The zero-order valence-electron chi connectivity index (χ0n) is 16.8. The predicted octanol–water partition coefficient (Wildman–Crippen LogP) is 5.91. The van der Waals surface area contributed by atoms with Crippen molar-refractivity contribution in [2.45, 2.75) is 43.2 Å². The Bertz CT molecular complexity index is 1060. The van der Waals surface area contributed by atoms with Gasteiger partial charge in [-0.05, 0) is 59.9 Å². The third kappa shape index (κ3) is 4.57. The highest BCUT2D eigenvalue weighted by Gasteiger charge is 2.26. The number of nitrogens with two attached hydrogens (primary N) is 1. The summed E-state index contributed by atoms with van der Waals surface area (Å²) < 4.78 is 2.16. The number of hydrogen-bond acceptors (Lipinski definition) is 3. The van der Waals surface area contributed by atoms with Crippen molar-refractivity contribution >= 4 is 35.3 Å². The number of carbonyl (C=O) groups is 1. The maximum Gasteiger partial charge on any atom is 0.250 e. The second-order valence-electron chi connectivity index (χ2n) is 7.17. The van der Waals surface area contributed by atoms with Crippen LogP contribution in [0.2, 0.25) is 5.02 Å². The number of nitrogens with zero attached hydrogens (tertiary/aromatic N) is 2. The summed E-state index contributed by atoms with van der Waals surface area (Å²) in [6.07, 6.45) is 5.31. The molecule has 0 unspecified atom stereocenters. The molecule has 2 aromatic heterocycles. The Kier molecular flexibility index (Phi) is 6.50. The van der Waals surface area contributed by atoms with Crippen molar-refractivity contribution in [3.8, 4) is 0 Å². The SMILES string of the molecule is C=Cc1cc(Cl)cc(Sc2c(C(C)C)c(C(N)=O)c(C)n2Cc2ccncc2)c1. The second-order valence-corrected chi connectivity index (χ2v) is 8.66. The van der Waals surface area contributed by atoms with Crippen molar-refractivity contribution in [2.24, 2.45) is 5.73 Å². The topological polar surface area (TPSA) is 60.9 Å². The molecule has 1 aromatic carbocycles. The van der Waals surface area contributed by atoms with Crippen LogP contribution in [0.3, 0.4) is 0 Å². The van der Waals surface area contributed by atoms with Crippen molar-refractivity contribution in [1.29, 1.82) is 0 Å². The molecule has 29 heavy (non-hydrogen) atoms. The lowest BCUT2D eigenvalue weighted by atomic mass is 10.0. The lowest BCUT2D eigenvalue weighted by Crippen LogP contribution is -2.14. The fourth-order valence-corrected chi connectivity index (χ4v) is 5.10. The Labute approximate surface area is 180 Å². The van der Waals surface area contributed by atoms with Gasteiger partial charge < -0.3 is 10.3 Å². The van der Waals surface area contributed by atoms with Crippen LogP contribution in [-0.4, -0.2) is 15.5 Å². The van der Waals surface area contributed by atoms with E-state index in [4.69, 9.17) is 17.3 Å². The van der Waals surface area contributed by atoms with Gasteiger partial charge >= 0.3 is 0 Å². The van der Waals surface area contributed by atoms with Gasteiger partial charge in [0.25, 0.3) is 5.91 Å². The first-order valence-electron chi connectivity index (χ1n) is 9.34. The molecule has 2 heterocycles. The molecule has 3 rings (SSSR count). The Balaban J connectivity index is 2.19. The third-order valence-electron chi connectivity index (χ3n) is 4.77. The van der Waals surface area contributed by atoms with E-state index in [0.717, 1.165) is 32.3 Å². The molecule has 0 fully saturated rings. The van der Waals surface area contributed by atoms with Crippen LogP contribution in [0.1, 0.15) is 52.5 Å². The minimum Gasteiger partial charge on any atom is -0.366 e. The summed E-state index contributed by atoms with van der Waals surface area (Å²) in [4.78, 5) is 17.4. The first-order chi connectivity index (χ1) is 13.8. The van der Waals surface area contributed by atoms with Crippen LogP contribution in [0.4, 0.5) is 0 Å². The molecule has 2 N–H and O–H groups in total. The molecule has 1 amide bonds. The molecule has 0 saturated carbocycles. The van der Waals surface area contributed by atoms with Gasteiger partial charge in [-0.25, -0.2) is 0 Å². The van der Waals surface area contributed by atoms with E-state index in [0.29, 0.717) is 17.1 Å². The summed E-state index contributed by atoms with van der Waals surface area (Å²) in [7, 11) is 0. The molecule has 0 atom stereocenters. The third-order valence-corrected chi connectivity index (χ3v) is 6.09. The van der Waals surface area contributed by atoms with Crippen LogP contribution < -0.4 is 5.73 Å². The minimum atomic E-state index is -0.403. The zero-order chi connectivity index (χ0) is 21.1. The molecule has 0 aliphatic carbocycles. The standard InChI is InChI=1S/C23H24ClN3OS/c1-5-16-10-18(24)12-19(11-16)29-23-20(14(2)3)21(22(25)28)15(4)27(23)13-17-6-8-26-9-7-17/h5-12,14H,1,13H2,2-4H3,(H2,25,28). The molecule has 0 radical (unpaired) electrons. The number of hydrogen-bond donors (Lipinski definition) is 1. The molecule has 0 spiro atoms. The van der Waals surface area contributed by atoms with Gasteiger partial charge in [0.2, 0.25) is 0 Å². The van der Waals surface area contributed by atoms with Crippen molar-refractivity contribution in [3.63, 3.8) is 0 Å². The Hall–Kier alpha value is -2.50. The Morgan fingerprint density at radius 1 is 1.31 bits per heavy atom. The Morgan fingerprint density at radius 2 is 2.00 bits per heavy atom. The number of carbonyl (C=O) groups excluding carboxylic acids is 1. The summed E-state index contributed by atoms with van der Waals surface area (Å²) in [5.41, 5.74) is 10.3. The van der Waals surface area contributed by atoms with Crippen LogP contribution in [0.25, 0.3) is 6.08 Å². The molecule has 0 aliphatic heterocycles. The summed E-state index contributed by atoms with van der Waals surface area (Å²) in [6, 6.07) is 9.78. The van der Waals surface area contributed by atoms with Gasteiger partial charge in [0.05, 0.1) is 10.6 Å². The normalized spacial score (nSPS) is 11.1. The summed E-state index contributed by atoms with van der Waals surface area (Å²) in [5.74, 6) is -0.269. The average Bonchev–Trinajstić information content (AvgIpc) is 2.94. The van der Waals surface area contributed by atoms with E-state index in [2.05, 4.69) is 30.0 Å². The highest BCUT2D eigenvalue weighted by molar-refractivity contribution is 7.99. The molecule has 0 aliphatic rings. The van der Waals surface area contributed by atoms with Gasteiger partial charge in [-0.3, -0.25) is 9.78 Å². The van der Waals surface area contributed by atoms with Crippen LogP contribution >= 0.6 is 23.4 Å². The van der Waals surface area contributed by atoms with E-state index in [1.807, 2.05) is 37.3 Å². The number of aromatic nitrogens is 2. The smallest absolute Gasteiger partial charge is 0.250 e. The highest BCUT2D eigenvalue weighted by Crippen LogP contribution is 2.40. The zero-order valence-corrected chi connectivity index (χ0v) is 18.3. The predicted molar refractivity (Wildman–Crippen MR) is 121 cm³/mol. The Morgan fingerprint density at radius 3 is 2.59 bits per heavy atom. The van der Waals surface area contributed by atoms with Gasteiger partial charge in [-0.15, -0.1) is 0 Å².